The minimum atomic E-state index is -4.15. The summed E-state index contributed by atoms with van der Waals surface area (Å²) in [5.41, 5.74) is 0. The van der Waals surface area contributed by atoms with Crippen molar-refractivity contribution < 1.29 is 22.3 Å². The highest BCUT2D eigenvalue weighted by Crippen LogP contribution is 2.19. The summed E-state index contributed by atoms with van der Waals surface area (Å²) in [6.07, 6.45) is 0. The number of hydrogen-bond acceptors (Lipinski definition) is 4. The fraction of sp³-hybridized carbons (Fsp3) is 0.300. The van der Waals surface area contributed by atoms with Gasteiger partial charge < -0.3 is 4.74 Å². The van der Waals surface area contributed by atoms with Gasteiger partial charge in [-0.1, -0.05) is 11.6 Å². The molecule has 0 aliphatic heterocycles. The maximum Gasteiger partial charge on any atom is 0.323 e. The Morgan fingerprint density at radius 2 is 2.11 bits per heavy atom. The van der Waals surface area contributed by atoms with Crippen LogP contribution < -0.4 is 4.72 Å². The number of benzene rings is 1. The lowest BCUT2D eigenvalue weighted by atomic mass is 10.3. The SMILES string of the molecule is COC(=O)C(C)NS(=O)(=O)c1ccc(Cl)cc1F. The number of esters is 1. The van der Waals surface area contributed by atoms with Crippen molar-refractivity contribution in [2.75, 3.05) is 7.11 Å². The summed E-state index contributed by atoms with van der Waals surface area (Å²) in [7, 11) is -3.03. The molecule has 0 bridgehead atoms. The molecule has 1 aromatic carbocycles. The Balaban J connectivity index is 3.04. The van der Waals surface area contributed by atoms with Gasteiger partial charge in [-0.15, -0.1) is 0 Å². The first-order chi connectivity index (χ1) is 8.27. The number of rotatable bonds is 4. The van der Waals surface area contributed by atoms with Crippen LogP contribution in [0.2, 0.25) is 5.02 Å². The number of nitrogens with one attached hydrogen (secondary N) is 1. The topological polar surface area (TPSA) is 72.5 Å². The molecule has 0 saturated heterocycles. The van der Waals surface area contributed by atoms with Gasteiger partial charge in [0.2, 0.25) is 10.0 Å². The van der Waals surface area contributed by atoms with Crippen LogP contribution >= 0.6 is 11.6 Å². The second-order valence-corrected chi connectivity index (χ2v) is 5.56. The molecule has 1 unspecified atom stereocenters. The number of halogens is 2. The number of sulfonamides is 1. The van der Waals surface area contributed by atoms with Crippen molar-refractivity contribution in [3.63, 3.8) is 0 Å². The molecule has 8 heteroatoms. The summed E-state index contributed by atoms with van der Waals surface area (Å²) < 4.78 is 43.4. The highest BCUT2D eigenvalue weighted by Gasteiger charge is 2.25. The van der Waals surface area contributed by atoms with Crippen LogP contribution in [0.1, 0.15) is 6.92 Å². The van der Waals surface area contributed by atoms with Gasteiger partial charge in [0, 0.05) is 5.02 Å². The normalized spacial score (nSPS) is 13.1. The molecular formula is C10H11ClFNO4S. The van der Waals surface area contributed by atoms with Crippen LogP contribution in [0, 0.1) is 5.82 Å². The third-order valence-electron chi connectivity index (χ3n) is 2.07. The zero-order valence-corrected chi connectivity index (χ0v) is 11.2. The first kappa shape index (κ1) is 14.9. The molecule has 0 spiro atoms. The molecule has 0 heterocycles. The van der Waals surface area contributed by atoms with Gasteiger partial charge in [0.15, 0.2) is 0 Å². The minimum Gasteiger partial charge on any atom is -0.468 e. The molecule has 0 saturated carbocycles. The predicted octanol–water partition coefficient (Wildman–Crippen LogP) is 1.32. The monoisotopic (exact) mass is 295 g/mol. The summed E-state index contributed by atoms with van der Waals surface area (Å²) in [6.45, 7) is 1.29. The van der Waals surface area contributed by atoms with E-state index in [1.807, 2.05) is 4.72 Å². The highest BCUT2D eigenvalue weighted by molar-refractivity contribution is 7.89. The third kappa shape index (κ3) is 3.41. The Kier molecular flexibility index (Phi) is 4.66. The van der Waals surface area contributed by atoms with E-state index < -0.39 is 32.7 Å². The maximum absolute atomic E-state index is 13.5. The van der Waals surface area contributed by atoms with Crippen LogP contribution in [0.5, 0.6) is 0 Å². The van der Waals surface area contributed by atoms with E-state index in [-0.39, 0.29) is 5.02 Å². The summed E-state index contributed by atoms with van der Waals surface area (Å²) in [6, 6.07) is 2.01. The van der Waals surface area contributed by atoms with Crippen LogP contribution in [0.4, 0.5) is 4.39 Å². The summed E-state index contributed by atoms with van der Waals surface area (Å²) >= 11 is 5.52. The van der Waals surface area contributed by atoms with Gasteiger partial charge in [-0.05, 0) is 25.1 Å². The zero-order valence-electron chi connectivity index (χ0n) is 9.61. The van der Waals surface area contributed by atoms with E-state index >= 15 is 0 Å². The van der Waals surface area contributed by atoms with E-state index in [4.69, 9.17) is 11.6 Å². The first-order valence-electron chi connectivity index (χ1n) is 4.83. The van der Waals surface area contributed by atoms with Crippen LogP contribution in [0.15, 0.2) is 23.1 Å². The number of methoxy groups -OCH3 is 1. The van der Waals surface area contributed by atoms with Gasteiger partial charge >= 0.3 is 5.97 Å². The smallest absolute Gasteiger partial charge is 0.323 e. The lowest BCUT2D eigenvalue weighted by Crippen LogP contribution is -2.39. The van der Waals surface area contributed by atoms with E-state index in [0.29, 0.717) is 0 Å². The van der Waals surface area contributed by atoms with Crippen LogP contribution in [0.25, 0.3) is 0 Å². The van der Waals surface area contributed by atoms with Crippen LogP contribution in [-0.2, 0) is 19.6 Å². The van der Waals surface area contributed by atoms with Crippen molar-refractivity contribution in [3.05, 3.63) is 29.0 Å². The fourth-order valence-electron chi connectivity index (χ4n) is 1.21. The highest BCUT2D eigenvalue weighted by atomic mass is 35.5. The number of carbonyl (C=O) groups excluding carboxylic acids is 1. The van der Waals surface area contributed by atoms with Crippen molar-refractivity contribution >= 4 is 27.6 Å². The van der Waals surface area contributed by atoms with E-state index in [2.05, 4.69) is 4.74 Å². The van der Waals surface area contributed by atoms with Crippen molar-refractivity contribution in [3.8, 4) is 0 Å². The largest absolute Gasteiger partial charge is 0.468 e. The van der Waals surface area contributed by atoms with Crippen molar-refractivity contribution in [2.45, 2.75) is 17.9 Å². The lowest BCUT2D eigenvalue weighted by molar-refractivity contribution is -0.142. The molecule has 1 aromatic rings. The van der Waals surface area contributed by atoms with E-state index in [9.17, 15) is 17.6 Å². The van der Waals surface area contributed by atoms with Crippen LogP contribution in [-0.4, -0.2) is 27.5 Å². The van der Waals surface area contributed by atoms with Crippen molar-refractivity contribution in [1.82, 2.24) is 4.72 Å². The molecular weight excluding hydrogens is 285 g/mol. The summed E-state index contributed by atoms with van der Waals surface area (Å²) in [5.74, 6) is -1.76. The maximum atomic E-state index is 13.5. The summed E-state index contributed by atoms with van der Waals surface area (Å²) in [4.78, 5) is 10.5. The average molecular weight is 296 g/mol. The molecule has 0 radical (unpaired) electrons. The van der Waals surface area contributed by atoms with Crippen LogP contribution in [0.3, 0.4) is 0 Å². The Morgan fingerprint density at radius 1 is 1.50 bits per heavy atom. The number of ether oxygens (including phenoxy) is 1. The summed E-state index contributed by atoms with van der Waals surface area (Å²) in [5, 5.41) is 0.0764. The molecule has 0 amide bonds. The molecule has 0 aliphatic rings. The first-order valence-corrected chi connectivity index (χ1v) is 6.69. The van der Waals surface area contributed by atoms with Crippen molar-refractivity contribution in [2.24, 2.45) is 0 Å². The molecule has 0 aromatic heterocycles. The molecule has 1 N–H and O–H groups in total. The Labute approximate surface area is 109 Å². The molecule has 0 fully saturated rings. The van der Waals surface area contributed by atoms with Gasteiger partial charge in [-0.3, -0.25) is 4.79 Å². The molecule has 1 atom stereocenters. The fourth-order valence-corrected chi connectivity index (χ4v) is 2.62. The van der Waals surface area contributed by atoms with Gasteiger partial charge in [-0.2, -0.15) is 4.72 Å². The zero-order chi connectivity index (χ0) is 13.9. The van der Waals surface area contributed by atoms with E-state index in [0.717, 1.165) is 19.2 Å². The number of carbonyl (C=O) groups is 1. The number of hydrogen-bond donors (Lipinski definition) is 1. The van der Waals surface area contributed by atoms with Crippen molar-refractivity contribution in [1.29, 1.82) is 0 Å². The lowest BCUT2D eigenvalue weighted by Gasteiger charge is -2.12. The average Bonchev–Trinajstić information content (AvgIpc) is 2.26. The van der Waals surface area contributed by atoms with E-state index in [1.54, 1.807) is 0 Å². The second-order valence-electron chi connectivity index (χ2n) is 3.44. The molecule has 1 rings (SSSR count). The van der Waals surface area contributed by atoms with Gasteiger partial charge in [0.05, 0.1) is 7.11 Å². The minimum absolute atomic E-state index is 0.0764. The quantitative estimate of drug-likeness (QED) is 0.850. The van der Waals surface area contributed by atoms with Gasteiger partial charge in [-0.25, -0.2) is 12.8 Å². The predicted molar refractivity (Wildman–Crippen MR) is 63.2 cm³/mol. The Hall–Kier alpha value is -1.18. The Bertz CT molecular complexity index is 561. The second kappa shape index (κ2) is 5.64. The molecule has 18 heavy (non-hydrogen) atoms. The molecule has 0 aliphatic carbocycles. The van der Waals surface area contributed by atoms with Gasteiger partial charge in [0.1, 0.15) is 16.8 Å². The third-order valence-corrected chi connectivity index (χ3v) is 3.88. The standard InChI is InChI=1S/C10H11ClFNO4S/c1-6(10(14)17-2)13-18(15,16)9-4-3-7(11)5-8(9)12/h3-6,13H,1-2H3. The Morgan fingerprint density at radius 3 is 2.61 bits per heavy atom. The van der Waals surface area contributed by atoms with Gasteiger partial charge in [0.25, 0.3) is 0 Å². The molecule has 100 valence electrons. The molecule has 5 nitrogen and oxygen atoms in total. The van der Waals surface area contributed by atoms with E-state index in [1.165, 1.54) is 13.0 Å².